The van der Waals surface area contributed by atoms with Crippen LogP contribution in [0.3, 0.4) is 0 Å². The highest BCUT2D eigenvalue weighted by atomic mass is 32.1. The van der Waals surface area contributed by atoms with Crippen molar-refractivity contribution >= 4 is 11.3 Å². The summed E-state index contributed by atoms with van der Waals surface area (Å²) in [4.78, 5) is 4.48. The summed E-state index contributed by atoms with van der Waals surface area (Å²) in [6.45, 7) is 5.32. The molecule has 1 aromatic rings. The normalized spacial score (nSPS) is 26.0. The Labute approximate surface area is 96.1 Å². The number of nitrogens with one attached hydrogen (secondary N) is 1. The molecular weight excluding hydrogens is 204 g/mol. The standard InChI is InChI=1S/C12H20N2S/c1-3-10-5-4-6-12(10)13-7-11-8-15-9(2)14-11/h8,10,12-13H,3-7H2,1-2H3. The molecule has 1 aliphatic rings. The van der Waals surface area contributed by atoms with E-state index < -0.39 is 0 Å². The first-order valence-electron chi connectivity index (χ1n) is 5.94. The molecule has 3 heteroatoms. The predicted molar refractivity (Wildman–Crippen MR) is 65.1 cm³/mol. The minimum atomic E-state index is 0.733. The average Bonchev–Trinajstić information content (AvgIpc) is 2.83. The van der Waals surface area contributed by atoms with E-state index in [2.05, 4.69) is 29.5 Å². The van der Waals surface area contributed by atoms with Crippen LogP contribution in [0.15, 0.2) is 5.38 Å². The highest BCUT2D eigenvalue weighted by molar-refractivity contribution is 7.09. The van der Waals surface area contributed by atoms with Crippen LogP contribution in [-0.4, -0.2) is 11.0 Å². The summed E-state index contributed by atoms with van der Waals surface area (Å²) in [7, 11) is 0. The highest BCUT2D eigenvalue weighted by Gasteiger charge is 2.24. The first-order valence-corrected chi connectivity index (χ1v) is 6.82. The maximum atomic E-state index is 4.48. The van der Waals surface area contributed by atoms with Crippen molar-refractivity contribution in [3.05, 3.63) is 16.1 Å². The van der Waals surface area contributed by atoms with Crippen LogP contribution < -0.4 is 5.32 Å². The smallest absolute Gasteiger partial charge is 0.0897 e. The van der Waals surface area contributed by atoms with E-state index in [0.29, 0.717) is 0 Å². The quantitative estimate of drug-likeness (QED) is 0.850. The van der Waals surface area contributed by atoms with Crippen LogP contribution in [0.2, 0.25) is 0 Å². The molecule has 0 radical (unpaired) electrons. The lowest BCUT2D eigenvalue weighted by Gasteiger charge is -2.18. The van der Waals surface area contributed by atoms with Gasteiger partial charge in [-0.3, -0.25) is 0 Å². The second-order valence-corrected chi connectivity index (χ2v) is 5.51. The lowest BCUT2D eigenvalue weighted by molar-refractivity contribution is 0.388. The molecule has 0 amide bonds. The molecule has 1 aliphatic carbocycles. The molecule has 1 aromatic heterocycles. The molecule has 84 valence electrons. The van der Waals surface area contributed by atoms with Gasteiger partial charge < -0.3 is 5.32 Å². The van der Waals surface area contributed by atoms with Crippen molar-refractivity contribution in [2.24, 2.45) is 5.92 Å². The molecule has 0 aromatic carbocycles. The largest absolute Gasteiger partial charge is 0.308 e. The van der Waals surface area contributed by atoms with Gasteiger partial charge in [0.05, 0.1) is 10.7 Å². The van der Waals surface area contributed by atoms with Gasteiger partial charge in [0, 0.05) is 18.0 Å². The lowest BCUT2D eigenvalue weighted by atomic mass is 10.0. The predicted octanol–water partition coefficient (Wildman–Crippen LogP) is 3.12. The molecule has 15 heavy (non-hydrogen) atoms. The van der Waals surface area contributed by atoms with E-state index in [0.717, 1.165) is 18.5 Å². The van der Waals surface area contributed by atoms with Crippen molar-refractivity contribution in [3.63, 3.8) is 0 Å². The molecule has 2 nitrogen and oxygen atoms in total. The number of aromatic nitrogens is 1. The van der Waals surface area contributed by atoms with Crippen LogP contribution in [0.4, 0.5) is 0 Å². The summed E-state index contributed by atoms with van der Waals surface area (Å²) in [5.74, 6) is 0.893. The van der Waals surface area contributed by atoms with Crippen LogP contribution >= 0.6 is 11.3 Å². The first kappa shape index (κ1) is 11.1. The Balaban J connectivity index is 1.82. The molecule has 2 rings (SSSR count). The Morgan fingerprint density at radius 1 is 1.53 bits per heavy atom. The summed E-state index contributed by atoms with van der Waals surface area (Å²) >= 11 is 1.74. The summed E-state index contributed by atoms with van der Waals surface area (Å²) in [5, 5.41) is 6.99. The molecule has 2 atom stereocenters. The number of hydrogen-bond acceptors (Lipinski definition) is 3. The Morgan fingerprint density at radius 2 is 2.40 bits per heavy atom. The maximum absolute atomic E-state index is 4.48. The van der Waals surface area contributed by atoms with Crippen molar-refractivity contribution in [1.29, 1.82) is 0 Å². The minimum absolute atomic E-state index is 0.733. The van der Waals surface area contributed by atoms with Gasteiger partial charge in [-0.15, -0.1) is 11.3 Å². The summed E-state index contributed by atoms with van der Waals surface area (Å²) in [6.07, 6.45) is 5.46. The Kier molecular flexibility index (Phi) is 3.76. The number of hydrogen-bond donors (Lipinski definition) is 1. The summed E-state index contributed by atoms with van der Waals surface area (Å²) in [5.41, 5.74) is 1.21. The molecule has 0 aliphatic heterocycles. The van der Waals surface area contributed by atoms with Crippen molar-refractivity contribution in [3.8, 4) is 0 Å². The third-order valence-corrected chi connectivity index (χ3v) is 4.22. The Morgan fingerprint density at radius 3 is 3.07 bits per heavy atom. The molecule has 0 spiro atoms. The van der Waals surface area contributed by atoms with Crippen LogP contribution in [0.5, 0.6) is 0 Å². The monoisotopic (exact) mass is 224 g/mol. The van der Waals surface area contributed by atoms with E-state index in [4.69, 9.17) is 0 Å². The third-order valence-electron chi connectivity index (χ3n) is 3.40. The fourth-order valence-corrected chi connectivity index (χ4v) is 3.13. The van der Waals surface area contributed by atoms with Crippen molar-refractivity contribution in [1.82, 2.24) is 10.3 Å². The zero-order chi connectivity index (χ0) is 10.7. The summed E-state index contributed by atoms with van der Waals surface area (Å²) < 4.78 is 0. The van der Waals surface area contributed by atoms with E-state index in [1.165, 1.54) is 36.4 Å². The van der Waals surface area contributed by atoms with E-state index in [-0.39, 0.29) is 0 Å². The number of aryl methyl sites for hydroxylation is 1. The molecule has 1 saturated carbocycles. The maximum Gasteiger partial charge on any atom is 0.0897 e. The fourth-order valence-electron chi connectivity index (χ4n) is 2.52. The van der Waals surface area contributed by atoms with Crippen molar-refractivity contribution < 1.29 is 0 Å². The second kappa shape index (κ2) is 5.08. The van der Waals surface area contributed by atoms with E-state index >= 15 is 0 Å². The molecular formula is C12H20N2S. The zero-order valence-corrected chi connectivity index (χ0v) is 10.4. The third kappa shape index (κ3) is 2.79. The van der Waals surface area contributed by atoms with Gasteiger partial charge in [0.2, 0.25) is 0 Å². The zero-order valence-electron chi connectivity index (χ0n) is 9.62. The van der Waals surface area contributed by atoms with Gasteiger partial charge in [-0.05, 0) is 25.7 Å². The number of nitrogens with zero attached hydrogens (tertiary/aromatic N) is 1. The van der Waals surface area contributed by atoms with Gasteiger partial charge in [-0.2, -0.15) is 0 Å². The first-order chi connectivity index (χ1) is 7.29. The van der Waals surface area contributed by atoms with Crippen LogP contribution in [0.1, 0.15) is 43.3 Å². The molecule has 1 N–H and O–H groups in total. The van der Waals surface area contributed by atoms with Crippen molar-refractivity contribution in [2.45, 2.75) is 52.1 Å². The van der Waals surface area contributed by atoms with Gasteiger partial charge in [-0.1, -0.05) is 19.8 Å². The van der Waals surface area contributed by atoms with Gasteiger partial charge in [0.15, 0.2) is 0 Å². The Hall–Kier alpha value is -0.410. The molecule has 1 heterocycles. The van der Waals surface area contributed by atoms with E-state index in [1.54, 1.807) is 11.3 Å². The summed E-state index contributed by atoms with van der Waals surface area (Å²) in [6, 6.07) is 0.733. The van der Waals surface area contributed by atoms with Crippen LogP contribution in [0.25, 0.3) is 0 Å². The fraction of sp³-hybridized carbons (Fsp3) is 0.750. The topological polar surface area (TPSA) is 24.9 Å². The van der Waals surface area contributed by atoms with Crippen molar-refractivity contribution in [2.75, 3.05) is 0 Å². The molecule has 1 fully saturated rings. The molecule has 2 unspecified atom stereocenters. The van der Waals surface area contributed by atoms with E-state index in [1.807, 2.05) is 0 Å². The molecule has 0 saturated heterocycles. The van der Waals surface area contributed by atoms with E-state index in [9.17, 15) is 0 Å². The number of rotatable bonds is 4. The lowest BCUT2D eigenvalue weighted by Crippen LogP contribution is -2.31. The Bertz CT molecular complexity index is 308. The average molecular weight is 224 g/mol. The van der Waals surface area contributed by atoms with Gasteiger partial charge in [0.1, 0.15) is 0 Å². The van der Waals surface area contributed by atoms with Gasteiger partial charge in [-0.25, -0.2) is 4.98 Å². The van der Waals surface area contributed by atoms with Gasteiger partial charge in [0.25, 0.3) is 0 Å². The van der Waals surface area contributed by atoms with Crippen LogP contribution in [0, 0.1) is 12.8 Å². The SMILES string of the molecule is CCC1CCCC1NCc1csc(C)n1. The highest BCUT2D eigenvalue weighted by Crippen LogP contribution is 2.28. The van der Waals surface area contributed by atoms with Crippen LogP contribution in [-0.2, 0) is 6.54 Å². The van der Waals surface area contributed by atoms with Gasteiger partial charge >= 0.3 is 0 Å². The number of thiazole rings is 1. The minimum Gasteiger partial charge on any atom is -0.308 e. The second-order valence-electron chi connectivity index (χ2n) is 4.44. The molecule has 0 bridgehead atoms.